The Morgan fingerprint density at radius 1 is 1.53 bits per heavy atom. The molecule has 0 aromatic carbocycles. The molecule has 0 unspecified atom stereocenters. The van der Waals surface area contributed by atoms with Crippen molar-refractivity contribution in [3.63, 3.8) is 0 Å². The molecule has 102 valence electrons. The Morgan fingerprint density at radius 3 is 2.84 bits per heavy atom. The van der Waals surface area contributed by atoms with Crippen LogP contribution in [0.15, 0.2) is 20.5 Å². The van der Waals surface area contributed by atoms with Gasteiger partial charge in [0.2, 0.25) is 0 Å². The number of halogens is 2. The molecule has 2 aromatic rings. The van der Waals surface area contributed by atoms with Gasteiger partial charge in [0.15, 0.2) is 0 Å². The summed E-state index contributed by atoms with van der Waals surface area (Å²) in [6.45, 7) is 2.56. The first-order valence-electron chi connectivity index (χ1n) is 5.75. The quantitative estimate of drug-likeness (QED) is 0.844. The van der Waals surface area contributed by atoms with Crippen molar-refractivity contribution in [2.24, 2.45) is 7.05 Å². The predicted octanol–water partition coefficient (Wildman–Crippen LogP) is 3.50. The smallest absolute Gasteiger partial charge is 0.261 e. The summed E-state index contributed by atoms with van der Waals surface area (Å²) >= 11 is 8.17. The van der Waals surface area contributed by atoms with Crippen LogP contribution < -0.4 is 5.32 Å². The number of thiophene rings is 1. The third kappa shape index (κ3) is 3.46. The van der Waals surface area contributed by atoms with Gasteiger partial charge in [-0.15, -0.1) is 11.3 Å². The van der Waals surface area contributed by atoms with Crippen molar-refractivity contribution >= 4 is 49.1 Å². The van der Waals surface area contributed by atoms with E-state index in [0.29, 0.717) is 11.4 Å². The van der Waals surface area contributed by atoms with Crippen molar-refractivity contribution in [3.05, 3.63) is 36.7 Å². The van der Waals surface area contributed by atoms with Gasteiger partial charge < -0.3 is 5.32 Å². The van der Waals surface area contributed by atoms with E-state index in [1.807, 2.05) is 19.3 Å². The molecule has 2 aromatic heterocycles. The fraction of sp³-hybridized carbons (Fsp3) is 0.333. The van der Waals surface area contributed by atoms with Crippen LogP contribution in [-0.2, 0) is 20.0 Å². The summed E-state index contributed by atoms with van der Waals surface area (Å²) in [7, 11) is 1.89. The monoisotopic (exact) mass is 405 g/mol. The van der Waals surface area contributed by atoms with Crippen molar-refractivity contribution < 1.29 is 4.79 Å². The molecule has 1 N–H and O–H groups in total. The zero-order valence-corrected chi connectivity index (χ0v) is 14.5. The molecule has 0 saturated carbocycles. The minimum absolute atomic E-state index is 0.0673. The summed E-state index contributed by atoms with van der Waals surface area (Å²) in [6.07, 6.45) is 2.81. The number of nitrogens with one attached hydrogen (secondary N) is 1. The first kappa shape index (κ1) is 14.7. The lowest BCUT2D eigenvalue weighted by molar-refractivity contribution is 0.0955. The van der Waals surface area contributed by atoms with Crippen LogP contribution in [0.3, 0.4) is 0 Å². The van der Waals surface area contributed by atoms with Gasteiger partial charge in [-0.3, -0.25) is 9.48 Å². The highest BCUT2D eigenvalue weighted by molar-refractivity contribution is 9.13. The Bertz CT molecular complexity index is 587. The van der Waals surface area contributed by atoms with Crippen LogP contribution in [0.2, 0.25) is 0 Å². The molecular weight excluding hydrogens is 394 g/mol. The highest BCUT2D eigenvalue weighted by atomic mass is 79.9. The van der Waals surface area contributed by atoms with Crippen LogP contribution in [-0.4, -0.2) is 15.7 Å². The average Bonchev–Trinajstić information content (AvgIpc) is 2.90. The van der Waals surface area contributed by atoms with Crippen LogP contribution in [0.5, 0.6) is 0 Å². The molecule has 0 spiro atoms. The Hall–Kier alpha value is -0.660. The maximum Gasteiger partial charge on any atom is 0.261 e. The summed E-state index contributed by atoms with van der Waals surface area (Å²) < 4.78 is 3.60. The number of nitrogens with zero attached hydrogens (tertiary/aromatic N) is 2. The van der Waals surface area contributed by atoms with Crippen molar-refractivity contribution in [1.82, 2.24) is 15.1 Å². The van der Waals surface area contributed by atoms with Crippen LogP contribution >= 0.6 is 43.2 Å². The number of hydrogen-bond donors (Lipinski definition) is 1. The van der Waals surface area contributed by atoms with E-state index in [0.717, 1.165) is 25.9 Å². The molecule has 2 heterocycles. The van der Waals surface area contributed by atoms with E-state index in [1.54, 1.807) is 4.68 Å². The summed E-state index contributed by atoms with van der Waals surface area (Å²) in [4.78, 5) is 12.7. The van der Waals surface area contributed by atoms with E-state index in [4.69, 9.17) is 0 Å². The molecule has 7 heteroatoms. The van der Waals surface area contributed by atoms with Gasteiger partial charge in [-0.05, 0) is 44.3 Å². The van der Waals surface area contributed by atoms with Gasteiger partial charge in [0.1, 0.15) is 0 Å². The minimum Gasteiger partial charge on any atom is -0.347 e. The molecule has 1 amide bonds. The minimum atomic E-state index is -0.0673. The second kappa shape index (κ2) is 6.19. The van der Waals surface area contributed by atoms with Gasteiger partial charge in [0, 0.05) is 29.8 Å². The van der Waals surface area contributed by atoms with Crippen LogP contribution in [0, 0.1) is 0 Å². The fourth-order valence-corrected chi connectivity index (χ4v) is 3.70. The third-order valence-electron chi connectivity index (χ3n) is 2.64. The van der Waals surface area contributed by atoms with Crippen LogP contribution in [0.4, 0.5) is 0 Å². The van der Waals surface area contributed by atoms with Gasteiger partial charge in [-0.1, -0.05) is 6.92 Å². The molecule has 0 aliphatic rings. The largest absolute Gasteiger partial charge is 0.347 e. The van der Waals surface area contributed by atoms with E-state index in [9.17, 15) is 4.79 Å². The van der Waals surface area contributed by atoms with Gasteiger partial charge in [-0.2, -0.15) is 5.10 Å². The fourth-order valence-electron chi connectivity index (χ4n) is 1.75. The SMILES string of the molecule is CCc1nn(C)cc1CNC(=O)c1cc(Br)c(Br)s1. The predicted molar refractivity (Wildman–Crippen MR) is 83.5 cm³/mol. The van der Waals surface area contributed by atoms with Crippen LogP contribution in [0.25, 0.3) is 0 Å². The first-order valence-corrected chi connectivity index (χ1v) is 8.16. The van der Waals surface area contributed by atoms with Crippen molar-refractivity contribution in [1.29, 1.82) is 0 Å². The topological polar surface area (TPSA) is 46.9 Å². The third-order valence-corrected chi connectivity index (χ3v) is 5.89. The Balaban J connectivity index is 2.04. The lowest BCUT2D eigenvalue weighted by Gasteiger charge is -2.02. The zero-order chi connectivity index (χ0) is 14.0. The Morgan fingerprint density at radius 2 is 2.26 bits per heavy atom. The molecule has 2 rings (SSSR count). The summed E-state index contributed by atoms with van der Waals surface area (Å²) in [5, 5.41) is 7.27. The van der Waals surface area contributed by atoms with Crippen molar-refractivity contribution in [3.8, 4) is 0 Å². The highest BCUT2D eigenvalue weighted by Crippen LogP contribution is 2.32. The maximum absolute atomic E-state index is 12.0. The number of amides is 1. The lowest BCUT2D eigenvalue weighted by Crippen LogP contribution is -2.22. The average molecular weight is 407 g/mol. The molecular formula is C12H13Br2N3OS. The Labute approximate surface area is 132 Å². The van der Waals surface area contributed by atoms with E-state index in [-0.39, 0.29) is 5.91 Å². The van der Waals surface area contributed by atoms with Gasteiger partial charge >= 0.3 is 0 Å². The summed E-state index contributed by atoms with van der Waals surface area (Å²) in [6, 6.07) is 1.81. The van der Waals surface area contributed by atoms with Gasteiger partial charge in [0.25, 0.3) is 5.91 Å². The number of carbonyl (C=O) groups is 1. The second-order valence-electron chi connectivity index (χ2n) is 4.04. The number of rotatable bonds is 4. The first-order chi connectivity index (χ1) is 9.01. The standard InChI is InChI=1S/C12H13Br2N3OS/c1-3-9-7(6-17(2)16-9)5-15-12(18)10-4-8(13)11(14)19-10/h4,6H,3,5H2,1-2H3,(H,15,18). The van der Waals surface area contributed by atoms with Gasteiger partial charge in [0.05, 0.1) is 14.4 Å². The molecule has 0 radical (unpaired) electrons. The summed E-state index contributed by atoms with van der Waals surface area (Å²) in [5.74, 6) is -0.0673. The van der Waals surface area contributed by atoms with Crippen molar-refractivity contribution in [2.75, 3.05) is 0 Å². The van der Waals surface area contributed by atoms with E-state index >= 15 is 0 Å². The molecule has 19 heavy (non-hydrogen) atoms. The lowest BCUT2D eigenvalue weighted by atomic mass is 10.2. The molecule has 0 aliphatic heterocycles. The highest BCUT2D eigenvalue weighted by Gasteiger charge is 2.13. The Kier molecular flexibility index (Phi) is 4.81. The van der Waals surface area contributed by atoms with E-state index in [1.165, 1.54) is 11.3 Å². The number of aromatic nitrogens is 2. The number of hydrogen-bond acceptors (Lipinski definition) is 3. The maximum atomic E-state index is 12.0. The molecule has 0 aliphatic carbocycles. The molecule has 0 saturated heterocycles. The number of aryl methyl sites for hydroxylation is 2. The van der Waals surface area contributed by atoms with E-state index < -0.39 is 0 Å². The van der Waals surface area contributed by atoms with Crippen molar-refractivity contribution in [2.45, 2.75) is 19.9 Å². The molecule has 0 bridgehead atoms. The van der Waals surface area contributed by atoms with Crippen LogP contribution in [0.1, 0.15) is 27.9 Å². The molecule has 0 fully saturated rings. The summed E-state index contributed by atoms with van der Waals surface area (Å²) in [5.41, 5.74) is 2.09. The molecule has 4 nitrogen and oxygen atoms in total. The van der Waals surface area contributed by atoms with Gasteiger partial charge in [-0.25, -0.2) is 0 Å². The molecule has 0 atom stereocenters. The zero-order valence-electron chi connectivity index (χ0n) is 10.5. The normalized spacial score (nSPS) is 10.7. The van der Waals surface area contributed by atoms with E-state index in [2.05, 4.69) is 49.2 Å². The second-order valence-corrected chi connectivity index (χ2v) is 7.27. The number of carbonyl (C=O) groups excluding carboxylic acids is 1.